The quantitative estimate of drug-likeness (QED) is 0.833. The number of nitrogens with zero attached hydrogens (tertiary/aromatic N) is 1. The summed E-state index contributed by atoms with van der Waals surface area (Å²) in [6.45, 7) is 3.14. The van der Waals surface area contributed by atoms with Gasteiger partial charge >= 0.3 is 0 Å². The predicted octanol–water partition coefficient (Wildman–Crippen LogP) is 3.69. The van der Waals surface area contributed by atoms with Crippen molar-refractivity contribution >= 4 is 5.69 Å². The molecule has 98 valence electrons. The molecule has 0 radical (unpaired) electrons. The molecule has 18 heavy (non-hydrogen) atoms. The van der Waals surface area contributed by atoms with Gasteiger partial charge in [0.15, 0.2) is 0 Å². The molecule has 0 aliphatic heterocycles. The third kappa shape index (κ3) is 3.76. The van der Waals surface area contributed by atoms with Crippen LogP contribution in [0.1, 0.15) is 38.2 Å². The molecule has 1 aliphatic rings. The first-order chi connectivity index (χ1) is 8.78. The van der Waals surface area contributed by atoms with E-state index in [0.29, 0.717) is 11.7 Å². The number of rotatable bonds is 5. The van der Waals surface area contributed by atoms with Crippen LogP contribution in [0.4, 0.5) is 5.69 Å². The maximum Gasteiger partial charge on any atom is 0.0883 e. The maximum absolute atomic E-state index is 9.34. The van der Waals surface area contributed by atoms with Crippen LogP contribution in [0.3, 0.4) is 0 Å². The maximum atomic E-state index is 9.34. The monoisotopic (exact) mass is 246 g/mol. The van der Waals surface area contributed by atoms with Gasteiger partial charge in [0.05, 0.1) is 11.4 Å². The van der Waals surface area contributed by atoms with Gasteiger partial charge in [-0.1, -0.05) is 13.3 Å². The van der Waals surface area contributed by atoms with Crippen molar-refractivity contribution in [1.29, 1.82) is 0 Å². The van der Waals surface area contributed by atoms with Gasteiger partial charge in [0.2, 0.25) is 0 Å². The van der Waals surface area contributed by atoms with E-state index in [0.717, 1.165) is 44.3 Å². The molecule has 0 fully saturated rings. The van der Waals surface area contributed by atoms with Crippen LogP contribution in [0, 0.1) is 5.92 Å². The van der Waals surface area contributed by atoms with Gasteiger partial charge in [-0.25, -0.2) is 0 Å². The number of hydrogen-bond donors (Lipinski definition) is 2. The second kappa shape index (κ2) is 6.43. The number of aromatic nitrogens is 1. The zero-order chi connectivity index (χ0) is 12.8. The topological polar surface area (TPSA) is 45.2 Å². The number of aryl methyl sites for hydroxylation is 1. The Balaban J connectivity index is 1.84. The van der Waals surface area contributed by atoms with E-state index in [-0.39, 0.29) is 0 Å². The molecule has 1 unspecified atom stereocenters. The summed E-state index contributed by atoms with van der Waals surface area (Å²) in [7, 11) is 0. The fraction of sp³-hybridized carbons (Fsp3) is 0.533. The normalized spacial score (nSPS) is 19.4. The first kappa shape index (κ1) is 12.9. The molecule has 1 atom stereocenters. The molecule has 1 aromatic rings. The van der Waals surface area contributed by atoms with E-state index in [2.05, 4.69) is 23.3 Å². The highest BCUT2D eigenvalue weighted by atomic mass is 16.3. The summed E-state index contributed by atoms with van der Waals surface area (Å²) in [5, 5.41) is 12.8. The number of pyridine rings is 1. The van der Waals surface area contributed by atoms with Crippen LogP contribution in [0.15, 0.2) is 30.3 Å². The summed E-state index contributed by atoms with van der Waals surface area (Å²) in [6.07, 6.45) is 10.9. The molecule has 0 saturated heterocycles. The second-order valence-corrected chi connectivity index (χ2v) is 5.05. The number of allylic oxidation sites excluding steroid dienone is 2. The van der Waals surface area contributed by atoms with Gasteiger partial charge in [0.25, 0.3) is 0 Å². The molecular formula is C15H22N2O. The summed E-state index contributed by atoms with van der Waals surface area (Å²) in [6, 6.07) is 2.19. The minimum absolute atomic E-state index is 0.554. The van der Waals surface area contributed by atoms with Crippen molar-refractivity contribution in [3.63, 3.8) is 0 Å². The smallest absolute Gasteiger partial charge is 0.0883 e. The molecule has 1 aliphatic carbocycles. The molecule has 0 saturated carbocycles. The summed E-state index contributed by atoms with van der Waals surface area (Å²) >= 11 is 0. The van der Waals surface area contributed by atoms with Crippen molar-refractivity contribution in [1.82, 2.24) is 4.98 Å². The Morgan fingerprint density at radius 1 is 1.44 bits per heavy atom. The van der Waals surface area contributed by atoms with E-state index in [4.69, 9.17) is 0 Å². The number of hydrogen-bond acceptors (Lipinski definition) is 3. The van der Waals surface area contributed by atoms with Crippen molar-refractivity contribution in [2.75, 3.05) is 11.9 Å². The van der Waals surface area contributed by atoms with Gasteiger partial charge in [-0.05, 0) is 42.9 Å². The molecular weight excluding hydrogens is 224 g/mol. The molecule has 3 heteroatoms. The molecule has 0 spiro atoms. The lowest BCUT2D eigenvalue weighted by molar-refractivity contribution is 0.341. The van der Waals surface area contributed by atoms with E-state index in [1.165, 1.54) is 5.56 Å². The molecule has 3 nitrogen and oxygen atoms in total. The Morgan fingerprint density at radius 2 is 2.33 bits per heavy atom. The fourth-order valence-corrected chi connectivity index (χ4v) is 2.33. The number of anilines is 1. The number of nitrogens with one attached hydrogen (secondary N) is 1. The van der Waals surface area contributed by atoms with E-state index in [1.807, 2.05) is 18.5 Å². The van der Waals surface area contributed by atoms with Gasteiger partial charge in [-0.2, -0.15) is 0 Å². The summed E-state index contributed by atoms with van der Waals surface area (Å²) in [4.78, 5) is 4.26. The Labute approximate surface area is 109 Å². The zero-order valence-electron chi connectivity index (χ0n) is 11.0. The van der Waals surface area contributed by atoms with Crippen LogP contribution >= 0.6 is 0 Å². The first-order valence-corrected chi connectivity index (χ1v) is 6.83. The second-order valence-electron chi connectivity index (χ2n) is 5.05. The molecule has 2 rings (SSSR count). The van der Waals surface area contributed by atoms with Gasteiger partial charge < -0.3 is 10.4 Å². The average Bonchev–Trinajstić information content (AvgIpc) is 2.39. The highest BCUT2D eigenvalue weighted by Crippen LogP contribution is 2.22. The van der Waals surface area contributed by atoms with Crippen molar-refractivity contribution in [3.05, 3.63) is 35.9 Å². The Bertz CT molecular complexity index is 415. The third-order valence-electron chi connectivity index (χ3n) is 3.42. The van der Waals surface area contributed by atoms with E-state index in [1.54, 1.807) is 0 Å². The number of aliphatic hydroxyl groups is 1. The lowest BCUT2D eigenvalue weighted by Gasteiger charge is -2.20. The van der Waals surface area contributed by atoms with Crippen LogP contribution in [0.5, 0.6) is 0 Å². The predicted molar refractivity (Wildman–Crippen MR) is 74.8 cm³/mol. The van der Waals surface area contributed by atoms with Crippen LogP contribution in [-0.4, -0.2) is 16.6 Å². The molecule has 1 aromatic heterocycles. The minimum atomic E-state index is 0.554. The van der Waals surface area contributed by atoms with Crippen LogP contribution in [-0.2, 0) is 6.42 Å². The molecule has 0 aromatic carbocycles. The van der Waals surface area contributed by atoms with Crippen molar-refractivity contribution in [2.45, 2.75) is 39.0 Å². The summed E-state index contributed by atoms with van der Waals surface area (Å²) < 4.78 is 0. The lowest BCUT2D eigenvalue weighted by Crippen LogP contribution is -2.16. The molecule has 2 N–H and O–H groups in total. The van der Waals surface area contributed by atoms with Crippen molar-refractivity contribution in [3.8, 4) is 0 Å². The lowest BCUT2D eigenvalue weighted by atomic mass is 9.93. The average molecular weight is 246 g/mol. The van der Waals surface area contributed by atoms with Crippen LogP contribution < -0.4 is 5.32 Å². The minimum Gasteiger partial charge on any atom is -0.513 e. The van der Waals surface area contributed by atoms with Gasteiger partial charge in [0.1, 0.15) is 0 Å². The molecule has 0 bridgehead atoms. The standard InChI is InChI=1S/C15H22N2O/c1-2-3-13-8-14(11-16-9-13)17-10-12-4-6-15(18)7-5-12/h6,8-9,11-12,17-18H,2-5,7,10H2,1H3. The Hall–Kier alpha value is -1.51. The van der Waals surface area contributed by atoms with Crippen LogP contribution in [0.2, 0.25) is 0 Å². The molecule has 1 heterocycles. The first-order valence-electron chi connectivity index (χ1n) is 6.83. The van der Waals surface area contributed by atoms with Crippen molar-refractivity contribution in [2.24, 2.45) is 5.92 Å². The largest absolute Gasteiger partial charge is 0.513 e. The number of aliphatic hydroxyl groups excluding tert-OH is 1. The van der Waals surface area contributed by atoms with Gasteiger partial charge in [-0.15, -0.1) is 0 Å². The Morgan fingerprint density at radius 3 is 3.06 bits per heavy atom. The zero-order valence-corrected chi connectivity index (χ0v) is 11.0. The summed E-state index contributed by atoms with van der Waals surface area (Å²) in [5.74, 6) is 1.17. The Kier molecular flexibility index (Phi) is 4.62. The molecule has 0 amide bonds. The van der Waals surface area contributed by atoms with E-state index in [9.17, 15) is 5.11 Å². The highest BCUT2D eigenvalue weighted by Gasteiger charge is 2.13. The fourth-order valence-electron chi connectivity index (χ4n) is 2.33. The van der Waals surface area contributed by atoms with E-state index >= 15 is 0 Å². The third-order valence-corrected chi connectivity index (χ3v) is 3.42. The SMILES string of the molecule is CCCc1cncc(NCC2CC=C(O)CC2)c1. The van der Waals surface area contributed by atoms with Gasteiger partial charge in [0, 0.05) is 25.4 Å². The van der Waals surface area contributed by atoms with Crippen molar-refractivity contribution < 1.29 is 5.11 Å². The van der Waals surface area contributed by atoms with Gasteiger partial charge in [-0.3, -0.25) is 4.98 Å². The highest BCUT2D eigenvalue weighted by molar-refractivity contribution is 5.42. The summed E-state index contributed by atoms with van der Waals surface area (Å²) in [5.41, 5.74) is 2.41. The van der Waals surface area contributed by atoms with Crippen LogP contribution in [0.25, 0.3) is 0 Å². The van der Waals surface area contributed by atoms with E-state index < -0.39 is 0 Å².